The molecule has 0 radical (unpaired) electrons. The lowest BCUT2D eigenvalue weighted by Gasteiger charge is -2.10. The Bertz CT molecular complexity index is 752. The van der Waals surface area contributed by atoms with Crippen LogP contribution in [0.4, 0.5) is 19.0 Å². The highest BCUT2D eigenvalue weighted by molar-refractivity contribution is 7.99. The Morgan fingerprint density at radius 3 is 2.76 bits per heavy atom. The zero-order valence-electron chi connectivity index (χ0n) is 13.2. The van der Waals surface area contributed by atoms with E-state index in [-0.39, 0.29) is 16.6 Å². The molecule has 7 nitrogen and oxygen atoms in total. The monoisotopic (exact) mass is 394 g/mol. The summed E-state index contributed by atoms with van der Waals surface area (Å²) in [5.41, 5.74) is -0.988. The molecule has 0 saturated heterocycles. The Morgan fingerprint density at radius 1 is 1.44 bits per heavy atom. The molecule has 0 fully saturated rings. The lowest BCUT2D eigenvalue weighted by Crippen LogP contribution is -2.17. The number of carbonyl (C=O) groups excluding carboxylic acids is 1. The molecule has 0 aromatic carbocycles. The molecule has 0 aliphatic heterocycles. The average molecular weight is 395 g/mol. The second-order valence-corrected chi connectivity index (χ2v) is 6.78. The highest BCUT2D eigenvalue weighted by Crippen LogP contribution is 2.32. The van der Waals surface area contributed by atoms with Gasteiger partial charge in [0.15, 0.2) is 5.82 Å². The second-order valence-electron chi connectivity index (χ2n) is 5.43. The van der Waals surface area contributed by atoms with E-state index < -0.39 is 17.6 Å². The number of thioether (sulfide) groups is 1. The number of halogens is 4. The third-order valence-corrected chi connectivity index (χ3v) is 4.04. The number of aromatic nitrogens is 5. The fourth-order valence-corrected chi connectivity index (χ4v) is 2.64. The van der Waals surface area contributed by atoms with Crippen molar-refractivity contribution in [2.75, 3.05) is 11.1 Å². The molecule has 12 heteroatoms. The van der Waals surface area contributed by atoms with Crippen LogP contribution in [0.15, 0.2) is 17.4 Å². The molecule has 0 saturated carbocycles. The van der Waals surface area contributed by atoms with E-state index in [1.807, 2.05) is 13.8 Å². The first kappa shape index (κ1) is 19.4. The van der Waals surface area contributed by atoms with Crippen LogP contribution in [-0.4, -0.2) is 36.9 Å². The van der Waals surface area contributed by atoms with E-state index in [1.165, 1.54) is 0 Å². The molecule has 0 aliphatic carbocycles. The maximum Gasteiger partial charge on any atom is 0.417 e. The van der Waals surface area contributed by atoms with Crippen molar-refractivity contribution in [3.63, 3.8) is 0 Å². The number of carbonyl (C=O) groups is 1. The molecular weight excluding hydrogens is 381 g/mol. The van der Waals surface area contributed by atoms with Crippen molar-refractivity contribution in [1.29, 1.82) is 0 Å². The Morgan fingerprint density at radius 2 is 2.16 bits per heavy atom. The van der Waals surface area contributed by atoms with Crippen LogP contribution in [0.1, 0.15) is 19.4 Å². The van der Waals surface area contributed by atoms with Crippen molar-refractivity contribution in [2.24, 2.45) is 5.92 Å². The summed E-state index contributed by atoms with van der Waals surface area (Å²) in [6, 6.07) is 0.709. The minimum absolute atomic E-state index is 0.0441. The van der Waals surface area contributed by atoms with Crippen LogP contribution in [0.3, 0.4) is 0 Å². The summed E-state index contributed by atoms with van der Waals surface area (Å²) in [5.74, 6) is -0.343. The molecule has 1 N–H and O–H groups in total. The first-order valence-electron chi connectivity index (χ1n) is 7.08. The normalized spacial score (nSPS) is 11.8. The highest BCUT2D eigenvalue weighted by Gasteiger charge is 2.31. The summed E-state index contributed by atoms with van der Waals surface area (Å²) in [6.07, 6.45) is -3.94. The molecule has 25 heavy (non-hydrogen) atoms. The van der Waals surface area contributed by atoms with Crippen molar-refractivity contribution < 1.29 is 18.0 Å². The number of rotatable bonds is 6. The van der Waals surface area contributed by atoms with Gasteiger partial charge < -0.3 is 5.32 Å². The molecule has 2 aromatic rings. The average Bonchev–Trinajstić information content (AvgIpc) is 2.92. The first-order chi connectivity index (χ1) is 11.7. The van der Waals surface area contributed by atoms with E-state index in [0.29, 0.717) is 29.9 Å². The highest BCUT2D eigenvalue weighted by atomic mass is 35.5. The van der Waals surface area contributed by atoms with Gasteiger partial charge in [-0.25, -0.2) is 9.67 Å². The maximum atomic E-state index is 12.6. The molecule has 2 rings (SSSR count). The van der Waals surface area contributed by atoms with Crippen LogP contribution in [0.2, 0.25) is 5.02 Å². The summed E-state index contributed by atoms with van der Waals surface area (Å²) in [7, 11) is 0. The molecule has 0 bridgehead atoms. The molecule has 0 spiro atoms. The van der Waals surface area contributed by atoms with Gasteiger partial charge in [0.2, 0.25) is 11.1 Å². The molecule has 1 amide bonds. The van der Waals surface area contributed by atoms with Crippen molar-refractivity contribution in [3.8, 4) is 0 Å². The van der Waals surface area contributed by atoms with Crippen molar-refractivity contribution in [1.82, 2.24) is 25.2 Å². The second kappa shape index (κ2) is 8.00. The topological polar surface area (TPSA) is 85.6 Å². The number of hydrogen-bond donors (Lipinski definition) is 1. The van der Waals surface area contributed by atoms with Gasteiger partial charge in [-0.15, -0.1) is 5.10 Å². The van der Waals surface area contributed by atoms with Crippen LogP contribution in [0.25, 0.3) is 0 Å². The summed E-state index contributed by atoms with van der Waals surface area (Å²) >= 11 is 6.84. The van der Waals surface area contributed by atoms with E-state index in [4.69, 9.17) is 11.6 Å². The molecule has 2 heterocycles. The number of anilines is 1. The van der Waals surface area contributed by atoms with Gasteiger partial charge in [-0.2, -0.15) is 13.2 Å². The molecule has 0 unspecified atom stereocenters. The van der Waals surface area contributed by atoms with E-state index in [9.17, 15) is 18.0 Å². The maximum absolute atomic E-state index is 12.6. The Kier molecular flexibility index (Phi) is 6.22. The molecule has 136 valence electrons. The van der Waals surface area contributed by atoms with Gasteiger partial charge in [0.1, 0.15) is 0 Å². The summed E-state index contributed by atoms with van der Waals surface area (Å²) in [4.78, 5) is 15.5. The van der Waals surface area contributed by atoms with Crippen LogP contribution in [-0.2, 0) is 17.5 Å². The number of nitrogens with zero attached hydrogens (tertiary/aromatic N) is 5. The third-order valence-electron chi connectivity index (χ3n) is 2.80. The standard InChI is InChI=1S/C13H14ClF3N6OS/c1-7(2)5-23-12(20-21-22-23)25-6-10(24)19-11-9(14)3-8(4-18-11)13(15,16)17/h3-4,7H,5-6H2,1-2H3,(H,18,19,24). The lowest BCUT2D eigenvalue weighted by molar-refractivity contribution is -0.137. The van der Waals surface area contributed by atoms with Gasteiger partial charge in [-0.05, 0) is 22.4 Å². The van der Waals surface area contributed by atoms with E-state index in [1.54, 1.807) is 4.68 Å². The Labute approximate surface area is 150 Å². The summed E-state index contributed by atoms with van der Waals surface area (Å²) in [5, 5.41) is 13.7. The van der Waals surface area contributed by atoms with Gasteiger partial charge in [-0.1, -0.05) is 37.2 Å². The Hall–Kier alpha value is -1.88. The Balaban J connectivity index is 1.96. The number of alkyl halides is 3. The minimum atomic E-state index is -4.55. The van der Waals surface area contributed by atoms with Crippen molar-refractivity contribution >= 4 is 35.1 Å². The van der Waals surface area contributed by atoms with Crippen LogP contribution < -0.4 is 5.32 Å². The van der Waals surface area contributed by atoms with Crippen molar-refractivity contribution in [2.45, 2.75) is 31.7 Å². The minimum Gasteiger partial charge on any atom is -0.309 e. The fraction of sp³-hybridized carbons (Fsp3) is 0.462. The third kappa shape index (κ3) is 5.56. The van der Waals surface area contributed by atoms with Gasteiger partial charge in [0, 0.05) is 12.7 Å². The summed E-state index contributed by atoms with van der Waals surface area (Å²) < 4.78 is 39.2. The van der Waals surface area contributed by atoms with E-state index >= 15 is 0 Å². The van der Waals surface area contributed by atoms with Crippen LogP contribution in [0.5, 0.6) is 0 Å². The zero-order chi connectivity index (χ0) is 18.6. The predicted molar refractivity (Wildman–Crippen MR) is 86.3 cm³/mol. The fourth-order valence-electron chi connectivity index (χ4n) is 1.74. The molecule has 2 aromatic heterocycles. The zero-order valence-corrected chi connectivity index (χ0v) is 14.8. The van der Waals surface area contributed by atoms with Crippen molar-refractivity contribution in [3.05, 3.63) is 22.8 Å². The van der Waals surface area contributed by atoms with Crippen LogP contribution in [0, 0.1) is 5.92 Å². The number of amides is 1. The molecule has 0 atom stereocenters. The lowest BCUT2D eigenvalue weighted by atomic mass is 10.2. The number of hydrogen-bond acceptors (Lipinski definition) is 6. The van der Waals surface area contributed by atoms with Crippen LogP contribution >= 0.6 is 23.4 Å². The molecular formula is C13H14ClF3N6OS. The molecule has 0 aliphatic rings. The number of nitrogens with one attached hydrogen (secondary N) is 1. The summed E-state index contributed by atoms with van der Waals surface area (Å²) in [6.45, 7) is 4.60. The van der Waals surface area contributed by atoms with Gasteiger partial charge in [0.05, 0.1) is 16.3 Å². The van der Waals surface area contributed by atoms with E-state index in [2.05, 4.69) is 25.8 Å². The largest absolute Gasteiger partial charge is 0.417 e. The quantitative estimate of drug-likeness (QED) is 0.757. The number of pyridine rings is 1. The van der Waals surface area contributed by atoms with E-state index in [0.717, 1.165) is 11.8 Å². The van der Waals surface area contributed by atoms with Gasteiger partial charge in [0.25, 0.3) is 0 Å². The predicted octanol–water partition coefficient (Wildman–Crippen LogP) is 3.13. The van der Waals surface area contributed by atoms with Gasteiger partial charge in [-0.3, -0.25) is 4.79 Å². The first-order valence-corrected chi connectivity index (χ1v) is 8.44. The van der Waals surface area contributed by atoms with Gasteiger partial charge >= 0.3 is 6.18 Å². The smallest absolute Gasteiger partial charge is 0.309 e. The SMILES string of the molecule is CC(C)Cn1nnnc1SCC(=O)Nc1ncc(C(F)(F)F)cc1Cl. The number of tetrazole rings is 1.